The highest BCUT2D eigenvalue weighted by Crippen LogP contribution is 2.21. The molecule has 0 heterocycles. The van der Waals surface area contributed by atoms with Crippen molar-refractivity contribution in [2.45, 2.75) is 31.1 Å². The molecule has 0 aliphatic heterocycles. The Kier molecular flexibility index (Phi) is 6.17. The molecule has 0 spiro atoms. The highest BCUT2D eigenvalue weighted by Gasteiger charge is 2.06. The van der Waals surface area contributed by atoms with Gasteiger partial charge in [-0.1, -0.05) is 38.0 Å². The number of benzene rings is 1. The number of thioether (sulfide) groups is 1. The summed E-state index contributed by atoms with van der Waals surface area (Å²) in [6.45, 7) is 2.16. The van der Waals surface area contributed by atoms with Crippen LogP contribution in [0.25, 0.3) is 0 Å². The maximum Gasteiger partial charge on any atom is 0.123 e. The second-order valence-corrected chi connectivity index (χ2v) is 4.76. The molecule has 0 N–H and O–H groups in total. The van der Waals surface area contributed by atoms with Crippen LogP contribution in [0.15, 0.2) is 35.2 Å². The predicted octanol–water partition coefficient (Wildman–Crippen LogP) is 3.78. The van der Waals surface area contributed by atoms with Crippen LogP contribution in [0.5, 0.6) is 0 Å². The summed E-state index contributed by atoms with van der Waals surface area (Å²) in [4.78, 5) is 12.1. The molecule has 1 rings (SSSR count). The summed E-state index contributed by atoms with van der Waals surface area (Å²) in [5.41, 5.74) is 0. The van der Waals surface area contributed by atoms with Crippen LogP contribution < -0.4 is 0 Å². The van der Waals surface area contributed by atoms with E-state index in [1.165, 1.54) is 11.3 Å². The third kappa shape index (κ3) is 5.03. The summed E-state index contributed by atoms with van der Waals surface area (Å²) >= 11 is 1.77. The zero-order valence-electron chi connectivity index (χ0n) is 9.19. The minimum absolute atomic E-state index is 0.218. The largest absolute Gasteiger partial charge is 0.303 e. The Balaban J connectivity index is 2.31. The first-order chi connectivity index (χ1) is 7.36. The van der Waals surface area contributed by atoms with Crippen molar-refractivity contribution in [3.63, 3.8) is 0 Å². The van der Waals surface area contributed by atoms with E-state index in [2.05, 4.69) is 19.1 Å². The highest BCUT2D eigenvalue weighted by atomic mass is 32.2. The van der Waals surface area contributed by atoms with Crippen molar-refractivity contribution < 1.29 is 4.79 Å². The normalized spacial score (nSPS) is 12.3. The minimum Gasteiger partial charge on any atom is -0.303 e. The zero-order chi connectivity index (χ0) is 10.9. The molecular weight excluding hydrogens is 204 g/mol. The van der Waals surface area contributed by atoms with E-state index in [4.69, 9.17) is 0 Å². The number of aldehydes is 1. The quantitative estimate of drug-likeness (QED) is 0.516. The van der Waals surface area contributed by atoms with Crippen LogP contribution in [0.3, 0.4) is 0 Å². The smallest absolute Gasteiger partial charge is 0.123 e. The molecule has 1 aromatic carbocycles. The van der Waals surface area contributed by atoms with Crippen LogP contribution in [-0.4, -0.2) is 12.0 Å². The molecule has 0 amide bonds. The van der Waals surface area contributed by atoms with E-state index in [9.17, 15) is 4.79 Å². The van der Waals surface area contributed by atoms with Crippen LogP contribution in [0.1, 0.15) is 26.2 Å². The SMILES string of the molecule is CCCCC(C=O)CSc1ccccc1. The average molecular weight is 222 g/mol. The van der Waals surface area contributed by atoms with Gasteiger partial charge in [-0.2, -0.15) is 0 Å². The third-order valence-electron chi connectivity index (χ3n) is 2.33. The summed E-state index contributed by atoms with van der Waals surface area (Å²) in [6.07, 6.45) is 4.45. The van der Waals surface area contributed by atoms with Gasteiger partial charge in [-0.05, 0) is 18.6 Å². The maximum atomic E-state index is 10.8. The van der Waals surface area contributed by atoms with Crippen molar-refractivity contribution in [3.05, 3.63) is 30.3 Å². The van der Waals surface area contributed by atoms with Gasteiger partial charge in [-0.15, -0.1) is 11.8 Å². The predicted molar refractivity (Wildman–Crippen MR) is 66.2 cm³/mol. The number of hydrogen-bond donors (Lipinski definition) is 0. The molecule has 1 unspecified atom stereocenters. The Morgan fingerprint density at radius 1 is 1.33 bits per heavy atom. The Bertz CT molecular complexity index is 271. The van der Waals surface area contributed by atoms with Gasteiger partial charge in [0.15, 0.2) is 0 Å². The molecule has 0 radical (unpaired) electrons. The van der Waals surface area contributed by atoms with Gasteiger partial charge in [0.25, 0.3) is 0 Å². The number of rotatable bonds is 7. The molecule has 1 atom stereocenters. The second kappa shape index (κ2) is 7.52. The van der Waals surface area contributed by atoms with Gasteiger partial charge < -0.3 is 4.79 Å². The lowest BCUT2D eigenvalue weighted by Gasteiger charge is -2.08. The van der Waals surface area contributed by atoms with E-state index >= 15 is 0 Å². The Hall–Kier alpha value is -0.760. The molecule has 1 aromatic rings. The number of carbonyl (C=O) groups excluding carboxylic acids is 1. The van der Waals surface area contributed by atoms with Crippen molar-refractivity contribution in [2.75, 3.05) is 5.75 Å². The molecule has 0 aliphatic rings. The van der Waals surface area contributed by atoms with Crippen molar-refractivity contribution in [3.8, 4) is 0 Å². The lowest BCUT2D eigenvalue weighted by Crippen LogP contribution is -2.04. The van der Waals surface area contributed by atoms with E-state index in [0.717, 1.165) is 24.9 Å². The van der Waals surface area contributed by atoms with Gasteiger partial charge in [-0.3, -0.25) is 0 Å². The van der Waals surface area contributed by atoms with Gasteiger partial charge >= 0.3 is 0 Å². The fraction of sp³-hybridized carbons (Fsp3) is 0.462. The first kappa shape index (κ1) is 12.3. The van der Waals surface area contributed by atoms with Crippen LogP contribution in [-0.2, 0) is 4.79 Å². The summed E-state index contributed by atoms with van der Waals surface area (Å²) in [7, 11) is 0. The number of hydrogen-bond acceptors (Lipinski definition) is 2. The summed E-state index contributed by atoms with van der Waals surface area (Å²) in [5, 5.41) is 0. The van der Waals surface area contributed by atoms with E-state index in [0.29, 0.717) is 0 Å². The fourth-order valence-electron chi connectivity index (χ4n) is 1.38. The highest BCUT2D eigenvalue weighted by molar-refractivity contribution is 7.99. The van der Waals surface area contributed by atoms with E-state index in [-0.39, 0.29) is 5.92 Å². The second-order valence-electron chi connectivity index (χ2n) is 3.66. The molecule has 0 aliphatic carbocycles. The van der Waals surface area contributed by atoms with E-state index in [1.807, 2.05) is 18.2 Å². The molecule has 0 saturated heterocycles. The maximum absolute atomic E-state index is 10.8. The van der Waals surface area contributed by atoms with Gasteiger partial charge in [0.1, 0.15) is 6.29 Å². The first-order valence-electron chi connectivity index (χ1n) is 5.50. The summed E-state index contributed by atoms with van der Waals surface area (Å²) in [6, 6.07) is 10.3. The lowest BCUT2D eigenvalue weighted by molar-refractivity contribution is -0.110. The standard InChI is InChI=1S/C13H18OS/c1-2-3-7-12(10-14)11-15-13-8-5-4-6-9-13/h4-6,8-10,12H,2-3,7,11H2,1H3. The molecule has 1 nitrogen and oxygen atoms in total. The van der Waals surface area contributed by atoms with Gasteiger partial charge in [-0.25, -0.2) is 0 Å². The topological polar surface area (TPSA) is 17.1 Å². The molecule has 15 heavy (non-hydrogen) atoms. The summed E-state index contributed by atoms with van der Waals surface area (Å²) < 4.78 is 0. The number of carbonyl (C=O) groups is 1. The van der Waals surface area contributed by atoms with Crippen LogP contribution in [0, 0.1) is 5.92 Å². The van der Waals surface area contributed by atoms with Crippen molar-refractivity contribution in [1.82, 2.24) is 0 Å². The number of unbranched alkanes of at least 4 members (excludes halogenated alkanes) is 1. The molecule has 0 bridgehead atoms. The molecule has 0 aromatic heterocycles. The summed E-state index contributed by atoms with van der Waals surface area (Å²) in [5.74, 6) is 1.13. The molecule has 82 valence electrons. The minimum atomic E-state index is 0.218. The van der Waals surface area contributed by atoms with E-state index < -0.39 is 0 Å². The Morgan fingerprint density at radius 2 is 2.07 bits per heavy atom. The molecule has 2 heteroatoms. The monoisotopic (exact) mass is 222 g/mol. The molecular formula is C13H18OS. The Labute approximate surface area is 96.3 Å². The van der Waals surface area contributed by atoms with Gasteiger partial charge in [0.05, 0.1) is 0 Å². The molecule has 0 fully saturated rings. The van der Waals surface area contributed by atoms with Crippen molar-refractivity contribution >= 4 is 18.0 Å². The van der Waals surface area contributed by atoms with Crippen molar-refractivity contribution in [1.29, 1.82) is 0 Å². The van der Waals surface area contributed by atoms with Crippen molar-refractivity contribution in [2.24, 2.45) is 5.92 Å². The van der Waals surface area contributed by atoms with Gasteiger partial charge in [0, 0.05) is 16.6 Å². The molecule has 0 saturated carbocycles. The van der Waals surface area contributed by atoms with E-state index in [1.54, 1.807) is 11.8 Å². The van der Waals surface area contributed by atoms with Crippen LogP contribution in [0.2, 0.25) is 0 Å². The fourth-order valence-corrected chi connectivity index (χ4v) is 2.38. The first-order valence-corrected chi connectivity index (χ1v) is 6.48. The average Bonchev–Trinajstić information content (AvgIpc) is 2.31. The Morgan fingerprint density at radius 3 is 2.67 bits per heavy atom. The lowest BCUT2D eigenvalue weighted by atomic mass is 10.1. The third-order valence-corrected chi connectivity index (χ3v) is 3.53. The zero-order valence-corrected chi connectivity index (χ0v) is 10.0. The van der Waals surface area contributed by atoms with Crippen LogP contribution in [0.4, 0.5) is 0 Å². The van der Waals surface area contributed by atoms with Gasteiger partial charge in [0.2, 0.25) is 0 Å². The van der Waals surface area contributed by atoms with Crippen LogP contribution >= 0.6 is 11.8 Å².